The van der Waals surface area contributed by atoms with Gasteiger partial charge in [-0.1, -0.05) is 164 Å². The number of furan rings is 1. The van der Waals surface area contributed by atoms with E-state index in [0.717, 1.165) is 66.4 Å². The Morgan fingerprint density at radius 2 is 1.06 bits per heavy atom. The molecule has 8 aromatic carbocycles. The molecule has 1 atom stereocenters. The SMILES string of the molecule is c1ccc(C2=NC(c3ccc(-c4ccc(-c5cccc6ccccc56)cc4)c4c3oc3c5ccccc5ccc34)=NC(c3ccccc3)N2)cc1. The van der Waals surface area contributed by atoms with E-state index in [1.54, 1.807) is 0 Å². The zero-order valence-corrected chi connectivity index (χ0v) is 27.6. The molecule has 51 heavy (non-hydrogen) atoms. The zero-order valence-electron chi connectivity index (χ0n) is 27.6. The highest BCUT2D eigenvalue weighted by Gasteiger charge is 2.25. The van der Waals surface area contributed by atoms with Crippen molar-refractivity contribution in [2.75, 3.05) is 0 Å². The van der Waals surface area contributed by atoms with Gasteiger partial charge in [-0.2, -0.15) is 0 Å². The quantitative estimate of drug-likeness (QED) is 0.201. The first kappa shape index (κ1) is 29.2. The van der Waals surface area contributed by atoms with Crippen LogP contribution in [0.25, 0.3) is 65.7 Å². The van der Waals surface area contributed by atoms with Gasteiger partial charge in [0.25, 0.3) is 0 Å². The Hall–Kier alpha value is -6.78. The summed E-state index contributed by atoms with van der Waals surface area (Å²) in [6.07, 6.45) is -0.310. The molecule has 0 saturated carbocycles. The van der Waals surface area contributed by atoms with E-state index in [-0.39, 0.29) is 6.17 Å². The Morgan fingerprint density at radius 3 is 1.84 bits per heavy atom. The fourth-order valence-corrected chi connectivity index (χ4v) is 7.45. The summed E-state index contributed by atoms with van der Waals surface area (Å²) < 4.78 is 6.96. The van der Waals surface area contributed by atoms with E-state index in [1.807, 2.05) is 36.4 Å². The summed E-state index contributed by atoms with van der Waals surface area (Å²) in [5.74, 6) is 1.41. The predicted octanol–water partition coefficient (Wildman–Crippen LogP) is 11.7. The number of fused-ring (bicyclic) bond motifs is 6. The van der Waals surface area contributed by atoms with Gasteiger partial charge in [0.2, 0.25) is 0 Å². The lowest BCUT2D eigenvalue weighted by Gasteiger charge is -2.23. The van der Waals surface area contributed by atoms with E-state index < -0.39 is 0 Å². The van der Waals surface area contributed by atoms with Gasteiger partial charge in [-0.05, 0) is 56.1 Å². The molecule has 0 fully saturated rings. The van der Waals surface area contributed by atoms with Gasteiger partial charge in [-0.15, -0.1) is 0 Å². The molecule has 1 N–H and O–H groups in total. The Labute approximate surface area is 295 Å². The van der Waals surface area contributed by atoms with Crippen LogP contribution in [-0.4, -0.2) is 11.7 Å². The van der Waals surface area contributed by atoms with Crippen LogP contribution in [0.2, 0.25) is 0 Å². The molecule has 0 bridgehead atoms. The highest BCUT2D eigenvalue weighted by Crippen LogP contribution is 2.42. The minimum atomic E-state index is -0.310. The smallest absolute Gasteiger partial charge is 0.163 e. The van der Waals surface area contributed by atoms with Gasteiger partial charge in [0.1, 0.15) is 23.2 Å². The minimum absolute atomic E-state index is 0.310. The lowest BCUT2D eigenvalue weighted by atomic mass is 9.93. The average Bonchev–Trinajstić information content (AvgIpc) is 3.61. The van der Waals surface area contributed by atoms with Gasteiger partial charge in [-0.25, -0.2) is 9.98 Å². The maximum absolute atomic E-state index is 6.96. The lowest BCUT2D eigenvalue weighted by molar-refractivity contribution is 0.665. The van der Waals surface area contributed by atoms with Crippen LogP contribution in [0.15, 0.2) is 190 Å². The van der Waals surface area contributed by atoms with Gasteiger partial charge >= 0.3 is 0 Å². The fourth-order valence-electron chi connectivity index (χ4n) is 7.45. The summed E-state index contributed by atoms with van der Waals surface area (Å²) in [5, 5.41) is 10.4. The van der Waals surface area contributed by atoms with E-state index >= 15 is 0 Å². The van der Waals surface area contributed by atoms with Crippen LogP contribution in [0.5, 0.6) is 0 Å². The summed E-state index contributed by atoms with van der Waals surface area (Å²) in [6.45, 7) is 0. The maximum Gasteiger partial charge on any atom is 0.163 e. The van der Waals surface area contributed by atoms with Crippen LogP contribution in [0.3, 0.4) is 0 Å². The molecule has 0 amide bonds. The van der Waals surface area contributed by atoms with Crippen molar-refractivity contribution in [1.29, 1.82) is 0 Å². The van der Waals surface area contributed by atoms with Gasteiger partial charge in [-0.3, -0.25) is 0 Å². The molecule has 0 radical (unpaired) electrons. The molecule has 0 saturated heterocycles. The second kappa shape index (κ2) is 12.0. The van der Waals surface area contributed by atoms with E-state index in [0.29, 0.717) is 5.84 Å². The molecule has 0 aliphatic carbocycles. The van der Waals surface area contributed by atoms with Gasteiger partial charge in [0.15, 0.2) is 5.84 Å². The number of amidine groups is 2. The van der Waals surface area contributed by atoms with Crippen LogP contribution in [0.4, 0.5) is 0 Å². The molecule has 1 unspecified atom stereocenters. The molecular weight excluding hydrogens is 623 g/mol. The monoisotopic (exact) mass is 653 g/mol. The molecule has 1 aromatic heterocycles. The molecular formula is C47H31N3O. The third-order valence-corrected chi connectivity index (χ3v) is 9.95. The van der Waals surface area contributed by atoms with Crippen LogP contribution in [0, 0.1) is 0 Å². The van der Waals surface area contributed by atoms with E-state index in [2.05, 4.69) is 145 Å². The number of nitrogens with one attached hydrogen (secondary N) is 1. The summed E-state index contributed by atoms with van der Waals surface area (Å²) in [5.41, 5.74) is 9.20. The molecule has 4 heteroatoms. The highest BCUT2D eigenvalue weighted by atomic mass is 16.3. The molecule has 0 spiro atoms. The number of hydrogen-bond acceptors (Lipinski definition) is 4. The van der Waals surface area contributed by atoms with E-state index in [1.165, 1.54) is 21.9 Å². The third-order valence-electron chi connectivity index (χ3n) is 9.95. The van der Waals surface area contributed by atoms with Gasteiger partial charge in [0, 0.05) is 21.7 Å². The van der Waals surface area contributed by atoms with Crippen molar-refractivity contribution in [3.8, 4) is 22.3 Å². The normalized spacial score (nSPS) is 14.5. The first-order valence-corrected chi connectivity index (χ1v) is 17.3. The van der Waals surface area contributed by atoms with Gasteiger partial charge in [0.05, 0.1) is 5.56 Å². The minimum Gasteiger partial charge on any atom is -0.455 e. The molecule has 1 aliphatic heterocycles. The van der Waals surface area contributed by atoms with Crippen molar-refractivity contribution in [1.82, 2.24) is 5.32 Å². The van der Waals surface area contributed by atoms with E-state index in [4.69, 9.17) is 14.4 Å². The zero-order chi connectivity index (χ0) is 33.7. The molecule has 9 aromatic rings. The largest absolute Gasteiger partial charge is 0.455 e. The summed E-state index contributed by atoms with van der Waals surface area (Å²) in [6, 6.07) is 61.6. The molecule has 2 heterocycles. The third kappa shape index (κ3) is 5.00. The van der Waals surface area contributed by atoms with Crippen LogP contribution in [0.1, 0.15) is 22.9 Å². The average molecular weight is 654 g/mol. The topological polar surface area (TPSA) is 49.9 Å². The Kier molecular flexibility index (Phi) is 6.85. The van der Waals surface area contributed by atoms with Crippen molar-refractivity contribution in [2.24, 2.45) is 9.98 Å². The van der Waals surface area contributed by atoms with Crippen molar-refractivity contribution in [3.05, 3.63) is 193 Å². The van der Waals surface area contributed by atoms with E-state index in [9.17, 15) is 0 Å². The van der Waals surface area contributed by atoms with Crippen LogP contribution >= 0.6 is 0 Å². The standard InChI is InChI=1S/C47H31N3O/c1-3-14-34(15-4-1)45-48-46(35-16-5-2-6-17-35)50-47(49-45)41-29-28-38(42-40-27-26-31-13-8-10-20-39(31)43(40)51-44(41)42)33-24-22-32(23-25-33)37-21-11-18-30-12-7-9-19-36(30)37/h1-29,45H,(H,48,49,50). The number of aliphatic imine (C=N–C) groups is 2. The predicted molar refractivity (Wildman–Crippen MR) is 211 cm³/mol. The molecule has 1 aliphatic rings. The second-order valence-corrected chi connectivity index (χ2v) is 13.0. The number of nitrogens with zero attached hydrogens (tertiary/aromatic N) is 2. The van der Waals surface area contributed by atoms with Crippen molar-refractivity contribution >= 4 is 55.2 Å². The molecule has 4 nitrogen and oxygen atoms in total. The Bertz CT molecular complexity index is 2810. The van der Waals surface area contributed by atoms with Crippen molar-refractivity contribution in [3.63, 3.8) is 0 Å². The first-order valence-electron chi connectivity index (χ1n) is 17.3. The number of rotatable bonds is 5. The summed E-state index contributed by atoms with van der Waals surface area (Å²) in [7, 11) is 0. The van der Waals surface area contributed by atoms with Crippen LogP contribution < -0.4 is 5.32 Å². The van der Waals surface area contributed by atoms with Gasteiger partial charge < -0.3 is 9.73 Å². The number of benzene rings is 8. The summed E-state index contributed by atoms with van der Waals surface area (Å²) >= 11 is 0. The first-order chi connectivity index (χ1) is 25.3. The van der Waals surface area contributed by atoms with Crippen molar-refractivity contribution in [2.45, 2.75) is 6.17 Å². The Balaban J connectivity index is 1.18. The number of hydrogen-bond donors (Lipinski definition) is 1. The maximum atomic E-state index is 6.96. The summed E-state index contributed by atoms with van der Waals surface area (Å²) in [4.78, 5) is 10.4. The second-order valence-electron chi connectivity index (χ2n) is 13.0. The fraction of sp³-hybridized carbons (Fsp3) is 0.0213. The highest BCUT2D eigenvalue weighted by molar-refractivity contribution is 6.25. The molecule has 10 rings (SSSR count). The molecule has 240 valence electrons. The lowest BCUT2D eigenvalue weighted by Crippen LogP contribution is -2.33. The Morgan fingerprint density at radius 1 is 0.431 bits per heavy atom. The van der Waals surface area contributed by atoms with Crippen LogP contribution in [-0.2, 0) is 0 Å². The van der Waals surface area contributed by atoms with Crippen molar-refractivity contribution < 1.29 is 4.42 Å².